The van der Waals surface area contributed by atoms with Crippen LogP contribution in [0.15, 0.2) is 18.2 Å². The Bertz CT molecular complexity index is 460. The SMILES string of the molecule is Cc1ccc(N)c(C(=O)N2CCC(C(C)C)CC2)c1. The molecule has 104 valence electrons. The van der Waals surface area contributed by atoms with Gasteiger partial charge in [-0.15, -0.1) is 0 Å². The summed E-state index contributed by atoms with van der Waals surface area (Å²) in [4.78, 5) is 14.4. The quantitative estimate of drug-likeness (QED) is 0.831. The molecule has 2 N–H and O–H groups in total. The molecule has 0 atom stereocenters. The molecule has 19 heavy (non-hydrogen) atoms. The number of piperidine rings is 1. The van der Waals surface area contributed by atoms with Crippen LogP contribution >= 0.6 is 0 Å². The predicted molar refractivity (Wildman–Crippen MR) is 79.1 cm³/mol. The first-order chi connectivity index (χ1) is 8.99. The van der Waals surface area contributed by atoms with Gasteiger partial charge in [-0.25, -0.2) is 0 Å². The third-order valence-electron chi connectivity index (χ3n) is 4.21. The van der Waals surface area contributed by atoms with Crippen LogP contribution in [0.4, 0.5) is 5.69 Å². The van der Waals surface area contributed by atoms with Crippen LogP contribution in [0.3, 0.4) is 0 Å². The number of carbonyl (C=O) groups is 1. The van der Waals surface area contributed by atoms with Crippen molar-refractivity contribution in [2.75, 3.05) is 18.8 Å². The van der Waals surface area contributed by atoms with Crippen molar-refractivity contribution >= 4 is 11.6 Å². The van der Waals surface area contributed by atoms with Gasteiger partial charge in [-0.05, 0) is 43.7 Å². The molecule has 1 aromatic rings. The first kappa shape index (κ1) is 13.9. The Hall–Kier alpha value is -1.51. The number of nitrogen functional groups attached to an aromatic ring is 1. The van der Waals surface area contributed by atoms with Crippen molar-refractivity contribution in [2.45, 2.75) is 33.6 Å². The highest BCUT2D eigenvalue weighted by Crippen LogP contribution is 2.26. The summed E-state index contributed by atoms with van der Waals surface area (Å²) in [6.07, 6.45) is 2.21. The minimum absolute atomic E-state index is 0.0865. The summed E-state index contributed by atoms with van der Waals surface area (Å²) in [5.41, 5.74) is 8.24. The number of anilines is 1. The van der Waals surface area contributed by atoms with Crippen molar-refractivity contribution in [3.05, 3.63) is 29.3 Å². The standard InChI is InChI=1S/C16H24N2O/c1-11(2)13-6-8-18(9-7-13)16(19)14-10-12(3)4-5-15(14)17/h4-5,10-11,13H,6-9,17H2,1-3H3. The van der Waals surface area contributed by atoms with Crippen molar-refractivity contribution in [3.8, 4) is 0 Å². The van der Waals surface area contributed by atoms with E-state index in [1.807, 2.05) is 30.0 Å². The van der Waals surface area contributed by atoms with Crippen LogP contribution in [-0.4, -0.2) is 23.9 Å². The molecule has 3 nitrogen and oxygen atoms in total. The number of hydrogen-bond acceptors (Lipinski definition) is 2. The summed E-state index contributed by atoms with van der Waals surface area (Å²) in [5, 5.41) is 0. The molecule has 0 bridgehead atoms. The highest BCUT2D eigenvalue weighted by atomic mass is 16.2. The monoisotopic (exact) mass is 260 g/mol. The molecular formula is C16H24N2O. The number of aryl methyl sites for hydroxylation is 1. The van der Waals surface area contributed by atoms with Crippen LogP contribution in [0.25, 0.3) is 0 Å². The Kier molecular flexibility index (Phi) is 4.13. The number of benzene rings is 1. The molecule has 0 saturated carbocycles. The molecule has 0 unspecified atom stereocenters. The van der Waals surface area contributed by atoms with Crippen LogP contribution < -0.4 is 5.73 Å². The third-order valence-corrected chi connectivity index (χ3v) is 4.21. The summed E-state index contributed by atoms with van der Waals surface area (Å²) < 4.78 is 0. The van der Waals surface area contributed by atoms with Gasteiger partial charge in [0.25, 0.3) is 5.91 Å². The number of likely N-dealkylation sites (tertiary alicyclic amines) is 1. The molecule has 0 spiro atoms. The van der Waals surface area contributed by atoms with Gasteiger partial charge in [0.15, 0.2) is 0 Å². The zero-order valence-corrected chi connectivity index (χ0v) is 12.1. The van der Waals surface area contributed by atoms with Crippen molar-refractivity contribution < 1.29 is 4.79 Å². The van der Waals surface area contributed by atoms with E-state index in [4.69, 9.17) is 5.73 Å². The number of nitrogens with zero attached hydrogens (tertiary/aromatic N) is 1. The second-order valence-corrected chi connectivity index (χ2v) is 5.96. The fourth-order valence-electron chi connectivity index (χ4n) is 2.79. The topological polar surface area (TPSA) is 46.3 Å². The summed E-state index contributed by atoms with van der Waals surface area (Å²) in [6.45, 7) is 8.23. The van der Waals surface area contributed by atoms with Crippen LogP contribution in [0, 0.1) is 18.8 Å². The lowest BCUT2D eigenvalue weighted by molar-refractivity contribution is 0.0668. The Balaban J connectivity index is 2.07. The molecular weight excluding hydrogens is 236 g/mol. The Labute approximate surface area is 115 Å². The maximum Gasteiger partial charge on any atom is 0.255 e. The maximum absolute atomic E-state index is 12.5. The predicted octanol–water partition coefficient (Wildman–Crippen LogP) is 3.09. The number of nitrogens with two attached hydrogens (primary N) is 1. The van der Waals surface area contributed by atoms with E-state index >= 15 is 0 Å². The Morgan fingerprint density at radius 3 is 2.53 bits per heavy atom. The molecule has 1 amide bonds. The zero-order chi connectivity index (χ0) is 14.0. The molecule has 1 fully saturated rings. The lowest BCUT2D eigenvalue weighted by atomic mass is 9.86. The molecule has 2 rings (SSSR count). The van der Waals surface area contributed by atoms with Gasteiger partial charge in [0, 0.05) is 18.8 Å². The first-order valence-electron chi connectivity index (χ1n) is 7.14. The lowest BCUT2D eigenvalue weighted by Gasteiger charge is -2.34. The van der Waals surface area contributed by atoms with E-state index in [1.165, 1.54) is 0 Å². The molecule has 1 heterocycles. The number of hydrogen-bond donors (Lipinski definition) is 1. The molecule has 0 aromatic heterocycles. The van der Waals surface area contributed by atoms with Crippen LogP contribution in [0.1, 0.15) is 42.6 Å². The van der Waals surface area contributed by atoms with E-state index in [1.54, 1.807) is 0 Å². The van der Waals surface area contributed by atoms with Gasteiger partial charge in [-0.3, -0.25) is 4.79 Å². The largest absolute Gasteiger partial charge is 0.398 e. The van der Waals surface area contributed by atoms with Gasteiger partial charge in [-0.1, -0.05) is 25.5 Å². The molecule has 0 aliphatic carbocycles. The Morgan fingerprint density at radius 2 is 1.95 bits per heavy atom. The van der Waals surface area contributed by atoms with Gasteiger partial charge in [0.1, 0.15) is 0 Å². The summed E-state index contributed by atoms with van der Waals surface area (Å²) in [6, 6.07) is 5.66. The molecule has 1 aromatic carbocycles. The van der Waals surface area contributed by atoms with Gasteiger partial charge >= 0.3 is 0 Å². The highest BCUT2D eigenvalue weighted by molar-refractivity contribution is 5.99. The number of carbonyl (C=O) groups excluding carboxylic acids is 1. The second-order valence-electron chi connectivity index (χ2n) is 5.96. The summed E-state index contributed by atoms with van der Waals surface area (Å²) in [7, 11) is 0. The van der Waals surface area contributed by atoms with Gasteiger partial charge in [-0.2, -0.15) is 0 Å². The zero-order valence-electron chi connectivity index (χ0n) is 12.1. The second kappa shape index (κ2) is 5.64. The first-order valence-corrected chi connectivity index (χ1v) is 7.14. The van der Waals surface area contributed by atoms with E-state index < -0.39 is 0 Å². The van der Waals surface area contributed by atoms with Crippen molar-refractivity contribution in [3.63, 3.8) is 0 Å². The smallest absolute Gasteiger partial charge is 0.255 e. The van der Waals surface area contributed by atoms with Crippen LogP contribution in [-0.2, 0) is 0 Å². The van der Waals surface area contributed by atoms with E-state index in [0.29, 0.717) is 17.2 Å². The van der Waals surface area contributed by atoms with E-state index in [-0.39, 0.29) is 5.91 Å². The van der Waals surface area contributed by atoms with Gasteiger partial charge in [0.05, 0.1) is 5.56 Å². The van der Waals surface area contributed by atoms with E-state index in [2.05, 4.69) is 13.8 Å². The molecule has 1 aliphatic heterocycles. The number of amides is 1. The Morgan fingerprint density at radius 1 is 1.32 bits per heavy atom. The normalized spacial score (nSPS) is 16.9. The minimum atomic E-state index is 0.0865. The molecule has 1 saturated heterocycles. The summed E-state index contributed by atoms with van der Waals surface area (Å²) in [5.74, 6) is 1.55. The summed E-state index contributed by atoms with van der Waals surface area (Å²) >= 11 is 0. The third kappa shape index (κ3) is 3.09. The minimum Gasteiger partial charge on any atom is -0.398 e. The van der Waals surface area contributed by atoms with Gasteiger partial charge in [0.2, 0.25) is 0 Å². The molecule has 3 heteroatoms. The highest BCUT2D eigenvalue weighted by Gasteiger charge is 2.26. The molecule has 1 aliphatic rings. The lowest BCUT2D eigenvalue weighted by Crippen LogP contribution is -2.39. The van der Waals surface area contributed by atoms with E-state index in [9.17, 15) is 4.79 Å². The van der Waals surface area contributed by atoms with Crippen molar-refractivity contribution in [1.29, 1.82) is 0 Å². The average Bonchev–Trinajstić information content (AvgIpc) is 2.41. The van der Waals surface area contributed by atoms with Crippen LogP contribution in [0.5, 0.6) is 0 Å². The maximum atomic E-state index is 12.5. The fraction of sp³-hybridized carbons (Fsp3) is 0.562. The van der Waals surface area contributed by atoms with Crippen molar-refractivity contribution in [1.82, 2.24) is 4.90 Å². The van der Waals surface area contributed by atoms with E-state index in [0.717, 1.165) is 37.4 Å². The van der Waals surface area contributed by atoms with Crippen LogP contribution in [0.2, 0.25) is 0 Å². The van der Waals surface area contributed by atoms with Gasteiger partial charge < -0.3 is 10.6 Å². The number of rotatable bonds is 2. The molecule has 0 radical (unpaired) electrons. The fourth-order valence-corrected chi connectivity index (χ4v) is 2.79. The average molecular weight is 260 g/mol. The van der Waals surface area contributed by atoms with Crippen molar-refractivity contribution in [2.24, 2.45) is 11.8 Å².